The van der Waals surface area contributed by atoms with Crippen LogP contribution in [0.5, 0.6) is 0 Å². The van der Waals surface area contributed by atoms with E-state index >= 15 is 0 Å². The van der Waals surface area contributed by atoms with Gasteiger partial charge < -0.3 is 40.1 Å². The maximum atomic E-state index is 13.4. The van der Waals surface area contributed by atoms with Gasteiger partial charge in [0.1, 0.15) is 18.3 Å². The van der Waals surface area contributed by atoms with E-state index in [1.165, 1.54) is 0 Å². The van der Waals surface area contributed by atoms with Gasteiger partial charge in [0.15, 0.2) is 18.2 Å². The summed E-state index contributed by atoms with van der Waals surface area (Å²) in [4.78, 5) is 24.8. The fraction of sp³-hybridized carbons (Fsp3) is 0.769. The van der Waals surface area contributed by atoms with Crippen molar-refractivity contribution >= 4 is 11.8 Å². The number of carboxylic acids is 1. The van der Waals surface area contributed by atoms with Crippen molar-refractivity contribution in [1.29, 1.82) is 0 Å². The first kappa shape index (κ1) is 27.4. The molecule has 2 fully saturated rings. The van der Waals surface area contributed by atoms with Gasteiger partial charge in [0.05, 0.1) is 18.8 Å². The number of aliphatic hydroxyl groups excluding tert-OH is 5. The minimum Gasteiger partial charge on any atom is -0.479 e. The third-order valence-electron chi connectivity index (χ3n) is 9.41. The summed E-state index contributed by atoms with van der Waals surface area (Å²) in [6.07, 6.45) is -6.84. The fourth-order valence-electron chi connectivity index (χ4n) is 7.03. The van der Waals surface area contributed by atoms with E-state index in [1.807, 2.05) is 13.0 Å². The van der Waals surface area contributed by atoms with Gasteiger partial charge in [-0.3, -0.25) is 4.79 Å². The Balaban J connectivity index is 1.64. The number of Topliss-reactive ketones (excluding diaryl/α,β-unsaturated/α-hetero) is 1. The Labute approximate surface area is 210 Å². The summed E-state index contributed by atoms with van der Waals surface area (Å²) in [6.45, 7) is 9.44. The first-order valence-electron chi connectivity index (χ1n) is 12.5. The largest absolute Gasteiger partial charge is 0.479 e. The quantitative estimate of drug-likeness (QED) is 0.282. The second kappa shape index (κ2) is 9.27. The fourth-order valence-corrected chi connectivity index (χ4v) is 7.03. The van der Waals surface area contributed by atoms with E-state index in [9.17, 15) is 40.2 Å². The second-order valence-corrected chi connectivity index (χ2v) is 11.9. The number of ether oxygens (including phenoxy) is 2. The molecule has 0 aromatic heterocycles. The number of fused-ring (bicyclic) bond motifs is 2. The van der Waals surface area contributed by atoms with Crippen molar-refractivity contribution in [3.8, 4) is 0 Å². The molecule has 3 aliphatic carbocycles. The van der Waals surface area contributed by atoms with Crippen LogP contribution in [0.1, 0.15) is 52.9 Å². The molecule has 0 radical (unpaired) electrons. The van der Waals surface area contributed by atoms with Crippen molar-refractivity contribution < 1.29 is 49.7 Å². The van der Waals surface area contributed by atoms with Crippen LogP contribution in [0.3, 0.4) is 0 Å². The number of carbonyl (C=O) groups is 2. The molecule has 1 aliphatic heterocycles. The normalized spacial score (nSPS) is 49.3. The monoisotopic (exact) mass is 510 g/mol. The van der Waals surface area contributed by atoms with E-state index in [0.29, 0.717) is 12.8 Å². The summed E-state index contributed by atoms with van der Waals surface area (Å²) < 4.78 is 11.0. The molecule has 0 aromatic carbocycles. The van der Waals surface area contributed by atoms with Crippen LogP contribution < -0.4 is 0 Å². The van der Waals surface area contributed by atoms with Gasteiger partial charge in [-0.05, 0) is 48.0 Å². The molecule has 1 saturated carbocycles. The minimum absolute atomic E-state index is 0.00602. The van der Waals surface area contributed by atoms with Crippen LogP contribution in [0.2, 0.25) is 0 Å². The summed E-state index contributed by atoms with van der Waals surface area (Å²) in [6, 6.07) is 0. The molecule has 1 heterocycles. The van der Waals surface area contributed by atoms with Gasteiger partial charge in [-0.15, -0.1) is 6.58 Å². The van der Waals surface area contributed by atoms with E-state index in [1.54, 1.807) is 6.92 Å². The second-order valence-electron chi connectivity index (χ2n) is 11.9. The predicted octanol–water partition coefficient (Wildman–Crippen LogP) is 0.295. The highest BCUT2D eigenvalue weighted by molar-refractivity contribution is 5.98. The highest BCUT2D eigenvalue weighted by Crippen LogP contribution is 2.62. The van der Waals surface area contributed by atoms with Crippen molar-refractivity contribution in [3.63, 3.8) is 0 Å². The lowest BCUT2D eigenvalue weighted by Gasteiger charge is -2.60. The molecule has 36 heavy (non-hydrogen) atoms. The highest BCUT2D eigenvalue weighted by Gasteiger charge is 2.62. The van der Waals surface area contributed by atoms with Gasteiger partial charge in [0.2, 0.25) is 0 Å². The molecule has 0 aromatic rings. The lowest BCUT2D eigenvalue weighted by Crippen LogP contribution is -2.64. The van der Waals surface area contributed by atoms with E-state index in [-0.39, 0.29) is 30.6 Å². The molecule has 0 bridgehead atoms. The number of hydrogen-bond acceptors (Lipinski definition) is 9. The number of aliphatic carboxylic acids is 1. The molecule has 10 heteroatoms. The van der Waals surface area contributed by atoms with Gasteiger partial charge >= 0.3 is 5.97 Å². The van der Waals surface area contributed by atoms with E-state index in [2.05, 4.69) is 13.5 Å². The zero-order valence-electron chi connectivity index (χ0n) is 21.0. The van der Waals surface area contributed by atoms with Crippen LogP contribution in [0.25, 0.3) is 0 Å². The summed E-state index contributed by atoms with van der Waals surface area (Å²) in [5.41, 5.74) is -0.158. The van der Waals surface area contributed by atoms with Gasteiger partial charge in [-0.1, -0.05) is 32.4 Å². The van der Waals surface area contributed by atoms with E-state index < -0.39 is 65.6 Å². The Hall–Kier alpha value is -1.66. The number of ketones is 1. The van der Waals surface area contributed by atoms with Crippen molar-refractivity contribution in [1.82, 2.24) is 0 Å². The molecular formula is C26H38O10. The third-order valence-corrected chi connectivity index (χ3v) is 9.41. The molecule has 0 unspecified atom stereocenters. The maximum Gasteiger partial charge on any atom is 0.335 e. The van der Waals surface area contributed by atoms with Gasteiger partial charge in [-0.2, -0.15) is 0 Å². The van der Waals surface area contributed by atoms with Crippen LogP contribution in [-0.2, 0) is 19.1 Å². The smallest absolute Gasteiger partial charge is 0.335 e. The zero-order valence-corrected chi connectivity index (χ0v) is 21.0. The molecule has 6 N–H and O–H groups in total. The summed E-state index contributed by atoms with van der Waals surface area (Å²) in [5.74, 6) is -1.95. The Morgan fingerprint density at radius 2 is 1.81 bits per heavy atom. The number of carboxylic acid groups (broad SMARTS) is 1. The van der Waals surface area contributed by atoms with Crippen molar-refractivity contribution in [2.75, 3.05) is 6.61 Å². The van der Waals surface area contributed by atoms with Crippen LogP contribution in [0, 0.1) is 22.2 Å². The molecule has 11 atom stereocenters. The molecular weight excluding hydrogens is 472 g/mol. The minimum atomic E-state index is -1.85. The Kier molecular flexibility index (Phi) is 7.05. The van der Waals surface area contributed by atoms with E-state index in [4.69, 9.17) is 9.47 Å². The molecule has 10 nitrogen and oxygen atoms in total. The average Bonchev–Trinajstić information content (AvgIpc) is 2.82. The molecule has 4 rings (SSSR count). The highest BCUT2D eigenvalue weighted by atomic mass is 16.7. The zero-order chi connectivity index (χ0) is 26.8. The van der Waals surface area contributed by atoms with Gasteiger partial charge in [-0.25, -0.2) is 4.79 Å². The topological polar surface area (TPSA) is 174 Å². The lowest BCUT2D eigenvalue weighted by molar-refractivity contribution is -0.307. The summed E-state index contributed by atoms with van der Waals surface area (Å²) in [5, 5.41) is 61.8. The maximum absolute atomic E-state index is 13.4. The molecule has 4 aliphatic rings. The summed E-state index contributed by atoms with van der Waals surface area (Å²) in [7, 11) is 0. The standard InChI is InChI=1S/C26H38O10/c1-5-24(2)7-6-13-12(9-24)14(27)8-16-25(13,3)10-15(28)21(32)26(16,4)11-35-23-19(31)17(29)18(30)20(36-23)22(33)34/h5,15-21,23,28-32H,1,6-11H2,2-4H3,(H,33,34)/t15-,16-,17-,18+,19+,20+,21+,23-,24+,25-,26-/m1/s1. The van der Waals surface area contributed by atoms with E-state index in [0.717, 1.165) is 17.6 Å². The van der Waals surface area contributed by atoms with Crippen molar-refractivity contribution in [3.05, 3.63) is 23.8 Å². The molecule has 1 saturated heterocycles. The van der Waals surface area contributed by atoms with Gasteiger partial charge in [0, 0.05) is 11.8 Å². The first-order chi connectivity index (χ1) is 16.7. The SMILES string of the molecule is C=C[C@@]1(C)CCC2=C(C1)C(=O)C[C@H]1[C@@](C)(CO[C@@H]3O[C@H](C(=O)O)[C@@H](O)[C@@H](O)[C@@H]3O)[C@@H](O)[C@H](O)C[C@]21C. The van der Waals surface area contributed by atoms with Crippen LogP contribution in [0.4, 0.5) is 0 Å². The number of rotatable bonds is 5. The lowest BCUT2D eigenvalue weighted by atomic mass is 9.46. The first-order valence-corrected chi connectivity index (χ1v) is 12.5. The van der Waals surface area contributed by atoms with Crippen LogP contribution >= 0.6 is 0 Å². The summed E-state index contributed by atoms with van der Waals surface area (Å²) >= 11 is 0. The molecule has 202 valence electrons. The van der Waals surface area contributed by atoms with Crippen LogP contribution in [0.15, 0.2) is 23.8 Å². The Morgan fingerprint density at radius 3 is 2.42 bits per heavy atom. The predicted molar refractivity (Wildman–Crippen MR) is 125 cm³/mol. The van der Waals surface area contributed by atoms with Crippen molar-refractivity contribution in [2.24, 2.45) is 22.2 Å². The molecule has 0 amide bonds. The average molecular weight is 511 g/mol. The van der Waals surface area contributed by atoms with Crippen molar-refractivity contribution in [2.45, 2.75) is 95.8 Å². The number of hydrogen-bond donors (Lipinski definition) is 6. The van der Waals surface area contributed by atoms with Crippen LogP contribution in [-0.4, -0.2) is 91.9 Å². The number of aliphatic hydroxyl groups is 5. The van der Waals surface area contributed by atoms with Gasteiger partial charge in [0.25, 0.3) is 0 Å². The number of allylic oxidation sites excluding steroid dienone is 3. The molecule has 0 spiro atoms. The third kappa shape index (κ3) is 4.16. The Bertz CT molecular complexity index is 962. The Morgan fingerprint density at radius 1 is 1.14 bits per heavy atom. The number of carbonyl (C=O) groups excluding carboxylic acids is 1.